The first-order valence-corrected chi connectivity index (χ1v) is 6.52. The van der Waals surface area contributed by atoms with E-state index in [-0.39, 0.29) is 5.91 Å². The third-order valence-electron chi connectivity index (χ3n) is 2.95. The number of hydrogen-bond acceptors (Lipinski definition) is 3. The number of benzene rings is 1. The average Bonchev–Trinajstić information content (AvgIpc) is 2.39. The van der Waals surface area contributed by atoms with Gasteiger partial charge in [-0.15, -0.1) is 0 Å². The van der Waals surface area contributed by atoms with E-state index in [2.05, 4.69) is 16.7 Å². The van der Waals surface area contributed by atoms with E-state index in [1.54, 1.807) is 0 Å². The number of rotatable bonds is 6. The highest BCUT2D eigenvalue weighted by Gasteiger charge is 2.19. The topological polar surface area (TPSA) is 64.9 Å². The van der Waals surface area contributed by atoms with E-state index in [0.717, 1.165) is 17.8 Å². The van der Waals surface area contributed by atoms with Crippen LogP contribution in [0.4, 0.5) is 5.69 Å². The minimum Gasteiger partial charge on any atom is -0.326 e. The number of carbonyl (C=O) groups is 1. The van der Waals surface area contributed by atoms with Gasteiger partial charge in [0.05, 0.1) is 11.5 Å². The summed E-state index contributed by atoms with van der Waals surface area (Å²) < 4.78 is 0. The van der Waals surface area contributed by atoms with Gasteiger partial charge in [-0.1, -0.05) is 19.1 Å². The first-order valence-electron chi connectivity index (χ1n) is 6.52. The van der Waals surface area contributed by atoms with Crippen LogP contribution in [0, 0.1) is 11.3 Å². The van der Waals surface area contributed by atoms with Crippen LogP contribution in [0.3, 0.4) is 0 Å². The molecule has 0 atom stereocenters. The monoisotopic (exact) mass is 259 g/mol. The summed E-state index contributed by atoms with van der Waals surface area (Å²) in [5.41, 5.74) is 1.20. The molecule has 0 aliphatic carbocycles. The van der Waals surface area contributed by atoms with Crippen LogP contribution >= 0.6 is 0 Å². The smallest absolute Gasteiger partial charge is 0.225 e. The number of carbonyl (C=O) groups excluding carboxylic acids is 1. The van der Waals surface area contributed by atoms with Crippen LogP contribution in [-0.4, -0.2) is 19.0 Å². The third kappa shape index (κ3) is 4.72. The zero-order valence-electron chi connectivity index (χ0n) is 11.8. The SMILES string of the molecule is CCNCCC(=O)Nc1ccc(C(C)(C)C#N)cc1. The molecule has 1 amide bonds. The van der Waals surface area contributed by atoms with Gasteiger partial charge in [-0.25, -0.2) is 0 Å². The number of nitrogens with one attached hydrogen (secondary N) is 2. The van der Waals surface area contributed by atoms with Gasteiger partial charge >= 0.3 is 0 Å². The number of nitriles is 1. The van der Waals surface area contributed by atoms with Gasteiger partial charge in [0.15, 0.2) is 0 Å². The van der Waals surface area contributed by atoms with Crippen molar-refractivity contribution in [1.29, 1.82) is 5.26 Å². The van der Waals surface area contributed by atoms with Crippen molar-refractivity contribution in [2.45, 2.75) is 32.6 Å². The van der Waals surface area contributed by atoms with Crippen LogP contribution in [0.5, 0.6) is 0 Å². The van der Waals surface area contributed by atoms with Gasteiger partial charge in [-0.05, 0) is 38.1 Å². The Morgan fingerprint density at radius 1 is 1.32 bits per heavy atom. The lowest BCUT2D eigenvalue weighted by molar-refractivity contribution is -0.116. The molecule has 1 aromatic carbocycles. The lowest BCUT2D eigenvalue weighted by Gasteiger charge is -2.16. The van der Waals surface area contributed by atoms with Crippen molar-refractivity contribution in [3.05, 3.63) is 29.8 Å². The first-order chi connectivity index (χ1) is 8.99. The zero-order valence-corrected chi connectivity index (χ0v) is 11.8. The van der Waals surface area contributed by atoms with Crippen LogP contribution in [0.25, 0.3) is 0 Å². The molecule has 0 saturated carbocycles. The van der Waals surface area contributed by atoms with Crippen LogP contribution in [0.2, 0.25) is 0 Å². The molecular weight excluding hydrogens is 238 g/mol. The van der Waals surface area contributed by atoms with E-state index < -0.39 is 5.41 Å². The molecule has 0 bridgehead atoms. The minimum atomic E-state index is -0.506. The predicted octanol–water partition coefficient (Wildman–Crippen LogP) is 2.43. The summed E-state index contributed by atoms with van der Waals surface area (Å²) in [5, 5.41) is 15.0. The Labute approximate surface area is 114 Å². The standard InChI is InChI=1S/C15H21N3O/c1-4-17-10-9-14(19)18-13-7-5-12(6-8-13)15(2,3)11-16/h5-8,17H,4,9-10H2,1-3H3,(H,18,19). The molecule has 0 aliphatic rings. The number of amides is 1. The highest BCUT2D eigenvalue weighted by Crippen LogP contribution is 2.23. The van der Waals surface area contributed by atoms with Gasteiger partial charge in [-0.2, -0.15) is 5.26 Å². The van der Waals surface area contributed by atoms with Crippen molar-refractivity contribution in [3.63, 3.8) is 0 Å². The quantitative estimate of drug-likeness (QED) is 0.771. The van der Waals surface area contributed by atoms with E-state index in [0.29, 0.717) is 13.0 Å². The van der Waals surface area contributed by atoms with Crippen molar-refractivity contribution >= 4 is 11.6 Å². The average molecular weight is 259 g/mol. The van der Waals surface area contributed by atoms with E-state index in [1.165, 1.54) is 0 Å². The van der Waals surface area contributed by atoms with Gasteiger partial charge < -0.3 is 10.6 Å². The summed E-state index contributed by atoms with van der Waals surface area (Å²) in [6, 6.07) is 9.68. The summed E-state index contributed by atoms with van der Waals surface area (Å²) in [6.07, 6.45) is 0.458. The molecule has 1 rings (SSSR count). The highest BCUT2D eigenvalue weighted by atomic mass is 16.1. The molecule has 0 fully saturated rings. The number of hydrogen-bond donors (Lipinski definition) is 2. The lowest BCUT2D eigenvalue weighted by atomic mass is 9.86. The Morgan fingerprint density at radius 3 is 2.47 bits per heavy atom. The highest BCUT2D eigenvalue weighted by molar-refractivity contribution is 5.90. The van der Waals surface area contributed by atoms with Gasteiger partial charge in [0.1, 0.15) is 0 Å². The maximum Gasteiger partial charge on any atom is 0.225 e. The molecule has 0 spiro atoms. The second kappa shape index (κ2) is 6.91. The lowest BCUT2D eigenvalue weighted by Crippen LogP contribution is -2.21. The summed E-state index contributed by atoms with van der Waals surface area (Å²) in [5.74, 6) is -0.00626. The largest absolute Gasteiger partial charge is 0.326 e. The predicted molar refractivity (Wildman–Crippen MR) is 76.9 cm³/mol. The molecule has 4 heteroatoms. The molecule has 0 unspecified atom stereocenters. The summed E-state index contributed by atoms with van der Waals surface area (Å²) >= 11 is 0. The maximum atomic E-state index is 11.6. The fraction of sp³-hybridized carbons (Fsp3) is 0.467. The third-order valence-corrected chi connectivity index (χ3v) is 2.95. The molecular formula is C15H21N3O. The molecule has 102 valence electrons. The van der Waals surface area contributed by atoms with Crippen LogP contribution in [0.15, 0.2) is 24.3 Å². The fourth-order valence-corrected chi connectivity index (χ4v) is 1.64. The Hall–Kier alpha value is -1.86. The van der Waals surface area contributed by atoms with E-state index in [9.17, 15) is 4.79 Å². The van der Waals surface area contributed by atoms with Crippen LogP contribution in [-0.2, 0) is 10.2 Å². The van der Waals surface area contributed by atoms with Gasteiger partial charge in [0.25, 0.3) is 0 Å². The minimum absolute atomic E-state index is 0.00626. The molecule has 0 radical (unpaired) electrons. The molecule has 0 saturated heterocycles. The van der Waals surface area contributed by atoms with Crippen molar-refractivity contribution in [2.75, 3.05) is 18.4 Å². The van der Waals surface area contributed by atoms with Gasteiger partial charge in [0, 0.05) is 18.7 Å². The number of nitrogens with zero attached hydrogens (tertiary/aromatic N) is 1. The summed E-state index contributed by atoms with van der Waals surface area (Å²) in [4.78, 5) is 11.6. The van der Waals surface area contributed by atoms with Gasteiger partial charge in [-0.3, -0.25) is 4.79 Å². The molecule has 19 heavy (non-hydrogen) atoms. The number of anilines is 1. The van der Waals surface area contributed by atoms with Gasteiger partial charge in [0.2, 0.25) is 5.91 Å². The van der Waals surface area contributed by atoms with E-state index in [1.807, 2.05) is 45.0 Å². The zero-order chi connectivity index (χ0) is 14.3. The van der Waals surface area contributed by atoms with E-state index >= 15 is 0 Å². The van der Waals surface area contributed by atoms with Crippen molar-refractivity contribution in [2.24, 2.45) is 0 Å². The van der Waals surface area contributed by atoms with E-state index in [4.69, 9.17) is 5.26 Å². The van der Waals surface area contributed by atoms with Crippen LogP contribution < -0.4 is 10.6 Å². The summed E-state index contributed by atoms with van der Waals surface area (Å²) in [7, 11) is 0. The molecule has 2 N–H and O–H groups in total. The Balaban J connectivity index is 2.58. The van der Waals surface area contributed by atoms with Crippen molar-refractivity contribution < 1.29 is 4.79 Å². The second-order valence-electron chi connectivity index (χ2n) is 4.97. The fourth-order valence-electron chi connectivity index (χ4n) is 1.64. The molecule has 0 heterocycles. The molecule has 4 nitrogen and oxygen atoms in total. The summed E-state index contributed by atoms with van der Waals surface area (Å²) in [6.45, 7) is 7.30. The first kappa shape index (κ1) is 15.2. The molecule has 0 aliphatic heterocycles. The van der Waals surface area contributed by atoms with Crippen molar-refractivity contribution in [3.8, 4) is 6.07 Å². The second-order valence-corrected chi connectivity index (χ2v) is 4.97. The van der Waals surface area contributed by atoms with Crippen molar-refractivity contribution in [1.82, 2.24) is 5.32 Å². The maximum absolute atomic E-state index is 11.6. The Bertz CT molecular complexity index is 457. The Kier molecular flexibility index (Phi) is 5.53. The normalized spacial score (nSPS) is 10.8. The Morgan fingerprint density at radius 2 is 1.95 bits per heavy atom. The molecule has 0 aromatic heterocycles. The van der Waals surface area contributed by atoms with Crippen LogP contribution in [0.1, 0.15) is 32.8 Å². The molecule has 1 aromatic rings.